The molecular formula is C40H56FN3O5. The number of likely N-dealkylation sites (tertiary alicyclic amines) is 1. The number of piperidine rings is 2. The SMILES string of the molecule is CC(C)(C)O.COC1CCN(Cc2nc(C)c(CC(=O)O)c(N3CCC(C)(C)CC3)c2-c2ccc(OCCc3ccc(F)cc3)cc2)CC1. The van der Waals surface area contributed by atoms with Gasteiger partial charge in [0.05, 0.1) is 36.1 Å². The molecule has 0 aliphatic carbocycles. The second kappa shape index (κ2) is 16.9. The second-order valence-corrected chi connectivity index (χ2v) is 15.2. The Hall–Kier alpha value is -3.53. The van der Waals surface area contributed by atoms with Crippen molar-refractivity contribution in [2.45, 2.75) is 98.3 Å². The first-order valence-corrected chi connectivity index (χ1v) is 17.6. The van der Waals surface area contributed by atoms with Crippen LogP contribution in [0.1, 0.15) is 82.8 Å². The zero-order chi connectivity index (χ0) is 35.8. The van der Waals surface area contributed by atoms with E-state index in [1.807, 2.05) is 19.1 Å². The van der Waals surface area contributed by atoms with Crippen LogP contribution in [0.4, 0.5) is 10.1 Å². The molecule has 0 bridgehead atoms. The van der Waals surface area contributed by atoms with E-state index in [4.69, 9.17) is 19.6 Å². The molecule has 2 saturated heterocycles. The number of rotatable bonds is 11. The Morgan fingerprint density at radius 1 is 1.00 bits per heavy atom. The van der Waals surface area contributed by atoms with Crippen LogP contribution in [0.15, 0.2) is 48.5 Å². The van der Waals surface area contributed by atoms with Gasteiger partial charge in [-0.05, 0) is 94.2 Å². The Kier molecular flexibility index (Phi) is 13.2. The minimum atomic E-state index is -0.848. The van der Waals surface area contributed by atoms with E-state index in [0.717, 1.165) is 96.9 Å². The van der Waals surface area contributed by atoms with E-state index in [-0.39, 0.29) is 17.7 Å². The number of benzene rings is 2. The number of anilines is 1. The number of carboxylic acid groups (broad SMARTS) is 1. The summed E-state index contributed by atoms with van der Waals surface area (Å²) in [6.07, 6.45) is 4.97. The molecule has 268 valence electrons. The molecule has 5 rings (SSSR count). The number of ether oxygens (including phenoxy) is 2. The lowest BCUT2D eigenvalue weighted by molar-refractivity contribution is -0.136. The summed E-state index contributed by atoms with van der Waals surface area (Å²) in [7, 11) is 1.78. The van der Waals surface area contributed by atoms with Crippen molar-refractivity contribution in [1.29, 1.82) is 0 Å². The number of hydrogen-bond acceptors (Lipinski definition) is 7. The predicted molar refractivity (Wildman–Crippen MR) is 194 cm³/mol. The maximum absolute atomic E-state index is 13.3. The molecule has 2 aliphatic heterocycles. The highest BCUT2D eigenvalue weighted by molar-refractivity contribution is 5.86. The van der Waals surface area contributed by atoms with Gasteiger partial charge < -0.3 is 24.6 Å². The Labute approximate surface area is 292 Å². The number of halogens is 1. The van der Waals surface area contributed by atoms with Gasteiger partial charge in [0, 0.05) is 63.1 Å². The summed E-state index contributed by atoms with van der Waals surface area (Å²) in [5.41, 5.74) is 6.41. The third-order valence-electron chi connectivity index (χ3n) is 9.27. The fourth-order valence-electron chi connectivity index (χ4n) is 6.42. The summed E-state index contributed by atoms with van der Waals surface area (Å²) in [6.45, 7) is 16.6. The van der Waals surface area contributed by atoms with E-state index in [1.54, 1.807) is 40.0 Å². The van der Waals surface area contributed by atoms with Gasteiger partial charge in [-0.1, -0.05) is 38.1 Å². The smallest absolute Gasteiger partial charge is 0.307 e. The van der Waals surface area contributed by atoms with Crippen LogP contribution >= 0.6 is 0 Å². The molecule has 0 atom stereocenters. The third kappa shape index (κ3) is 11.8. The lowest BCUT2D eigenvalue weighted by Gasteiger charge is -2.40. The standard InChI is InChI=1S/C36H46FN3O4.C4H10O/c1-25-31(23-33(41)42)35(40-20-16-36(2,3)17-21-40)34(32(38-25)24-39-18-13-29(43-4)14-19-39)27-7-11-30(12-8-27)44-22-15-26-5-9-28(37)10-6-26;1-4(2,3)5/h5-12,29H,13-24H2,1-4H3,(H,41,42);5H,1-3H3. The average Bonchev–Trinajstić information content (AvgIpc) is 3.03. The summed E-state index contributed by atoms with van der Waals surface area (Å²) in [6, 6.07) is 14.6. The van der Waals surface area contributed by atoms with Crippen LogP contribution in [0.3, 0.4) is 0 Å². The van der Waals surface area contributed by atoms with E-state index in [9.17, 15) is 14.3 Å². The van der Waals surface area contributed by atoms with Crippen LogP contribution in [-0.2, 0) is 28.9 Å². The van der Waals surface area contributed by atoms with E-state index in [0.29, 0.717) is 25.7 Å². The summed E-state index contributed by atoms with van der Waals surface area (Å²) >= 11 is 0. The zero-order valence-corrected chi connectivity index (χ0v) is 30.5. The van der Waals surface area contributed by atoms with Gasteiger partial charge in [-0.15, -0.1) is 0 Å². The van der Waals surface area contributed by atoms with Gasteiger partial charge in [0.1, 0.15) is 11.6 Å². The number of carboxylic acids is 1. The number of hydrogen-bond donors (Lipinski definition) is 2. The number of nitrogens with zero attached hydrogens (tertiary/aromatic N) is 3. The highest BCUT2D eigenvalue weighted by Crippen LogP contribution is 2.42. The van der Waals surface area contributed by atoms with Gasteiger partial charge in [0.2, 0.25) is 0 Å². The molecule has 0 radical (unpaired) electrons. The van der Waals surface area contributed by atoms with Crippen LogP contribution < -0.4 is 9.64 Å². The van der Waals surface area contributed by atoms with Crippen molar-refractivity contribution in [1.82, 2.24) is 9.88 Å². The highest BCUT2D eigenvalue weighted by atomic mass is 19.1. The molecule has 2 N–H and O–H groups in total. The van der Waals surface area contributed by atoms with Gasteiger partial charge in [-0.25, -0.2) is 4.39 Å². The van der Waals surface area contributed by atoms with E-state index in [2.05, 4.69) is 35.8 Å². The van der Waals surface area contributed by atoms with Crippen molar-refractivity contribution in [3.63, 3.8) is 0 Å². The average molecular weight is 678 g/mol. The van der Waals surface area contributed by atoms with Gasteiger partial charge in [-0.3, -0.25) is 14.7 Å². The van der Waals surface area contributed by atoms with E-state index in [1.165, 1.54) is 12.1 Å². The maximum Gasteiger partial charge on any atom is 0.307 e. The predicted octanol–water partition coefficient (Wildman–Crippen LogP) is 7.46. The van der Waals surface area contributed by atoms with E-state index < -0.39 is 11.6 Å². The van der Waals surface area contributed by atoms with Crippen molar-refractivity contribution >= 4 is 11.7 Å². The molecule has 0 unspecified atom stereocenters. The van der Waals surface area contributed by atoms with Gasteiger partial charge >= 0.3 is 5.97 Å². The van der Waals surface area contributed by atoms with Crippen molar-refractivity contribution in [2.75, 3.05) is 44.8 Å². The quantitative estimate of drug-likeness (QED) is 0.216. The molecular weight excluding hydrogens is 621 g/mol. The number of methoxy groups -OCH3 is 1. The number of carbonyl (C=O) groups is 1. The molecule has 1 aromatic heterocycles. The number of aryl methyl sites for hydroxylation is 1. The van der Waals surface area contributed by atoms with Crippen LogP contribution in [0.25, 0.3) is 11.1 Å². The molecule has 0 amide bonds. The normalized spacial score (nSPS) is 17.0. The first-order chi connectivity index (χ1) is 23.1. The van der Waals surface area contributed by atoms with Gasteiger partial charge in [-0.2, -0.15) is 0 Å². The lowest BCUT2D eigenvalue weighted by Crippen LogP contribution is -2.39. The molecule has 2 aliphatic rings. The topological polar surface area (TPSA) is 95.4 Å². The Morgan fingerprint density at radius 2 is 1.59 bits per heavy atom. The summed E-state index contributed by atoms with van der Waals surface area (Å²) < 4.78 is 24.9. The first-order valence-electron chi connectivity index (χ1n) is 17.6. The van der Waals surface area contributed by atoms with Gasteiger partial charge in [0.15, 0.2) is 0 Å². The monoisotopic (exact) mass is 677 g/mol. The molecule has 2 aromatic carbocycles. The number of aliphatic carboxylic acids is 1. The van der Waals surface area contributed by atoms with Crippen molar-refractivity contribution in [2.24, 2.45) is 5.41 Å². The summed E-state index contributed by atoms with van der Waals surface area (Å²) in [4.78, 5) is 22.1. The Balaban J connectivity index is 0.00000101. The van der Waals surface area contributed by atoms with Crippen LogP contribution in [0.5, 0.6) is 5.75 Å². The van der Waals surface area contributed by atoms with Crippen LogP contribution in [0.2, 0.25) is 0 Å². The van der Waals surface area contributed by atoms with E-state index >= 15 is 0 Å². The molecule has 2 fully saturated rings. The summed E-state index contributed by atoms with van der Waals surface area (Å²) in [5.74, 6) is -0.335. The molecule has 9 heteroatoms. The first kappa shape index (κ1) is 38.3. The number of pyridine rings is 1. The minimum absolute atomic E-state index is 0.0643. The minimum Gasteiger partial charge on any atom is -0.493 e. The van der Waals surface area contributed by atoms with Crippen molar-refractivity contribution in [3.05, 3.63) is 76.9 Å². The second-order valence-electron chi connectivity index (χ2n) is 15.2. The highest BCUT2D eigenvalue weighted by Gasteiger charge is 2.31. The Morgan fingerprint density at radius 3 is 2.14 bits per heavy atom. The Bertz CT molecular complexity index is 1490. The number of aromatic nitrogens is 1. The third-order valence-corrected chi connectivity index (χ3v) is 9.27. The molecule has 49 heavy (non-hydrogen) atoms. The number of aliphatic hydroxyl groups is 1. The maximum atomic E-state index is 13.3. The largest absolute Gasteiger partial charge is 0.493 e. The fraction of sp³-hybridized carbons (Fsp3) is 0.550. The van der Waals surface area contributed by atoms with Crippen LogP contribution in [0, 0.1) is 18.2 Å². The molecule has 3 aromatic rings. The summed E-state index contributed by atoms with van der Waals surface area (Å²) in [5, 5.41) is 18.5. The molecule has 0 saturated carbocycles. The van der Waals surface area contributed by atoms with Crippen LogP contribution in [-0.4, -0.2) is 77.7 Å². The zero-order valence-electron chi connectivity index (χ0n) is 30.5. The van der Waals surface area contributed by atoms with Crippen molar-refractivity contribution < 1.29 is 28.9 Å². The molecule has 8 nitrogen and oxygen atoms in total. The molecule has 3 heterocycles. The lowest BCUT2D eigenvalue weighted by atomic mass is 9.82. The van der Waals surface area contributed by atoms with Crippen molar-refractivity contribution in [3.8, 4) is 16.9 Å². The van der Waals surface area contributed by atoms with Gasteiger partial charge in [0.25, 0.3) is 0 Å². The molecule has 0 spiro atoms. The fourth-order valence-corrected chi connectivity index (χ4v) is 6.42.